The molecular weight excluding hydrogens is 296 g/mol. The fourth-order valence-corrected chi connectivity index (χ4v) is 2.66. The predicted molar refractivity (Wildman–Crippen MR) is 65.2 cm³/mol. The largest absolute Gasteiger partial charge is 0.419 e. The van der Waals surface area contributed by atoms with Gasteiger partial charge < -0.3 is 5.73 Å². The first-order chi connectivity index (χ1) is 9.60. The Balaban J connectivity index is 2.14. The summed E-state index contributed by atoms with van der Waals surface area (Å²) < 4.78 is 77.0. The Hall–Kier alpha value is -1.24. The van der Waals surface area contributed by atoms with Gasteiger partial charge in [0.15, 0.2) is 0 Å². The topological polar surface area (TPSA) is 26.0 Å². The molecule has 2 rings (SSSR count). The molecule has 1 saturated carbocycles. The molecule has 1 fully saturated rings. The molecule has 1 aliphatic rings. The second-order valence-electron chi connectivity index (χ2n) is 5.46. The summed E-state index contributed by atoms with van der Waals surface area (Å²) in [7, 11) is 0. The number of nitrogens with two attached hydrogens (primary N) is 1. The van der Waals surface area contributed by atoms with Gasteiger partial charge in [0.25, 0.3) is 0 Å². The standard InChI is InChI=1S/C14H15F6N/c15-11-7-9(1-2-10(11)14(18,19)20)12(21)8-3-5-13(16,17)6-4-8/h1-2,7-8,12H,3-6,21H2. The van der Waals surface area contributed by atoms with E-state index in [-0.39, 0.29) is 37.2 Å². The average molecular weight is 311 g/mol. The first-order valence-electron chi connectivity index (χ1n) is 6.60. The first kappa shape index (κ1) is 16.1. The van der Waals surface area contributed by atoms with Crippen molar-refractivity contribution in [2.75, 3.05) is 0 Å². The van der Waals surface area contributed by atoms with Crippen LogP contribution in [0.15, 0.2) is 18.2 Å². The van der Waals surface area contributed by atoms with Crippen molar-refractivity contribution < 1.29 is 26.3 Å². The van der Waals surface area contributed by atoms with Crippen LogP contribution in [0.5, 0.6) is 0 Å². The summed E-state index contributed by atoms with van der Waals surface area (Å²) in [5.41, 5.74) is 4.74. The molecule has 1 nitrogen and oxygen atoms in total. The van der Waals surface area contributed by atoms with Crippen LogP contribution in [0, 0.1) is 11.7 Å². The number of alkyl halides is 5. The molecule has 0 spiro atoms. The van der Waals surface area contributed by atoms with Gasteiger partial charge in [0, 0.05) is 18.9 Å². The normalized spacial score (nSPS) is 21.3. The Kier molecular flexibility index (Phi) is 4.24. The van der Waals surface area contributed by atoms with Gasteiger partial charge in [-0.3, -0.25) is 0 Å². The monoisotopic (exact) mass is 311 g/mol. The van der Waals surface area contributed by atoms with Crippen LogP contribution in [-0.4, -0.2) is 5.92 Å². The van der Waals surface area contributed by atoms with Crippen molar-refractivity contribution >= 4 is 0 Å². The Bertz CT molecular complexity index is 501. The molecule has 1 unspecified atom stereocenters. The van der Waals surface area contributed by atoms with E-state index in [2.05, 4.69) is 0 Å². The van der Waals surface area contributed by atoms with Crippen LogP contribution in [0.25, 0.3) is 0 Å². The van der Waals surface area contributed by atoms with Gasteiger partial charge in [-0.25, -0.2) is 13.2 Å². The number of benzene rings is 1. The van der Waals surface area contributed by atoms with E-state index >= 15 is 0 Å². The molecule has 0 bridgehead atoms. The molecule has 118 valence electrons. The minimum Gasteiger partial charge on any atom is -0.324 e. The minimum absolute atomic E-state index is 0.177. The first-order valence-corrected chi connectivity index (χ1v) is 6.60. The van der Waals surface area contributed by atoms with E-state index in [0.717, 1.165) is 12.1 Å². The third-order valence-corrected chi connectivity index (χ3v) is 3.95. The lowest BCUT2D eigenvalue weighted by atomic mass is 9.80. The van der Waals surface area contributed by atoms with Crippen molar-refractivity contribution in [2.24, 2.45) is 11.7 Å². The second-order valence-corrected chi connectivity index (χ2v) is 5.46. The van der Waals surface area contributed by atoms with Crippen molar-refractivity contribution in [2.45, 2.75) is 43.8 Å². The van der Waals surface area contributed by atoms with Crippen molar-refractivity contribution in [3.05, 3.63) is 35.1 Å². The molecule has 0 aliphatic heterocycles. The summed E-state index contributed by atoms with van der Waals surface area (Å²) in [5.74, 6) is -4.38. The minimum atomic E-state index is -4.76. The van der Waals surface area contributed by atoms with Crippen molar-refractivity contribution in [3.63, 3.8) is 0 Å². The van der Waals surface area contributed by atoms with Crippen molar-refractivity contribution in [1.82, 2.24) is 0 Å². The van der Waals surface area contributed by atoms with Crippen molar-refractivity contribution in [1.29, 1.82) is 0 Å². The SMILES string of the molecule is NC(c1ccc(C(F)(F)F)c(F)c1)C1CCC(F)(F)CC1. The van der Waals surface area contributed by atoms with E-state index in [1.807, 2.05) is 0 Å². The van der Waals surface area contributed by atoms with Gasteiger partial charge in [-0.05, 0) is 36.5 Å². The lowest BCUT2D eigenvalue weighted by Crippen LogP contribution is -2.31. The van der Waals surface area contributed by atoms with Gasteiger partial charge >= 0.3 is 6.18 Å². The van der Waals surface area contributed by atoms with Crippen LogP contribution >= 0.6 is 0 Å². The maximum atomic E-state index is 13.5. The molecule has 0 saturated heterocycles. The predicted octanol–water partition coefficient (Wildman–Crippen LogP) is 4.67. The highest BCUT2D eigenvalue weighted by molar-refractivity contribution is 5.28. The van der Waals surface area contributed by atoms with Crippen LogP contribution in [0.2, 0.25) is 0 Å². The van der Waals surface area contributed by atoms with Crippen LogP contribution in [0.1, 0.15) is 42.9 Å². The molecule has 7 heteroatoms. The van der Waals surface area contributed by atoms with Gasteiger partial charge in [-0.2, -0.15) is 13.2 Å². The average Bonchev–Trinajstić information content (AvgIpc) is 2.36. The zero-order valence-corrected chi connectivity index (χ0v) is 11.1. The van der Waals surface area contributed by atoms with Crippen LogP contribution in [-0.2, 0) is 6.18 Å². The highest BCUT2D eigenvalue weighted by Gasteiger charge is 2.38. The molecule has 2 N–H and O–H groups in total. The Morgan fingerprint density at radius 1 is 1.14 bits per heavy atom. The molecule has 1 aromatic rings. The van der Waals surface area contributed by atoms with Gasteiger partial charge in [-0.15, -0.1) is 0 Å². The maximum Gasteiger partial charge on any atom is 0.419 e. The maximum absolute atomic E-state index is 13.5. The molecule has 0 radical (unpaired) electrons. The van der Waals surface area contributed by atoms with Crippen LogP contribution in [0.4, 0.5) is 26.3 Å². The fraction of sp³-hybridized carbons (Fsp3) is 0.571. The summed E-state index contributed by atoms with van der Waals surface area (Å²) in [6.07, 6.45) is -5.00. The summed E-state index contributed by atoms with van der Waals surface area (Å²) in [6.45, 7) is 0. The molecule has 1 atom stereocenters. The van der Waals surface area contributed by atoms with Crippen LogP contribution < -0.4 is 5.73 Å². The third-order valence-electron chi connectivity index (χ3n) is 3.95. The molecule has 1 aliphatic carbocycles. The fourth-order valence-electron chi connectivity index (χ4n) is 2.66. The van der Waals surface area contributed by atoms with E-state index in [9.17, 15) is 26.3 Å². The lowest BCUT2D eigenvalue weighted by Gasteiger charge is -2.32. The van der Waals surface area contributed by atoms with E-state index < -0.39 is 29.5 Å². The number of hydrogen-bond acceptors (Lipinski definition) is 1. The quantitative estimate of drug-likeness (QED) is 0.789. The molecule has 21 heavy (non-hydrogen) atoms. The summed E-state index contributed by atoms with van der Waals surface area (Å²) in [6, 6.07) is 1.77. The molecule has 0 amide bonds. The highest BCUT2D eigenvalue weighted by Crippen LogP contribution is 2.41. The highest BCUT2D eigenvalue weighted by atomic mass is 19.4. The second kappa shape index (κ2) is 5.51. The smallest absolute Gasteiger partial charge is 0.324 e. The summed E-state index contributed by atoms with van der Waals surface area (Å²) in [4.78, 5) is 0. The molecule has 1 aromatic carbocycles. The molecule has 0 heterocycles. The summed E-state index contributed by atoms with van der Waals surface area (Å²) in [5, 5.41) is 0. The Labute approximate surface area is 118 Å². The van der Waals surface area contributed by atoms with Gasteiger partial charge in [0.1, 0.15) is 5.82 Å². The van der Waals surface area contributed by atoms with Crippen LogP contribution in [0.3, 0.4) is 0 Å². The number of halogens is 6. The van der Waals surface area contributed by atoms with E-state index in [4.69, 9.17) is 5.73 Å². The Morgan fingerprint density at radius 2 is 1.71 bits per heavy atom. The van der Waals surface area contributed by atoms with Crippen molar-refractivity contribution in [3.8, 4) is 0 Å². The zero-order chi connectivity index (χ0) is 15.8. The zero-order valence-electron chi connectivity index (χ0n) is 11.1. The third kappa shape index (κ3) is 3.70. The summed E-state index contributed by atoms with van der Waals surface area (Å²) >= 11 is 0. The number of rotatable bonds is 2. The van der Waals surface area contributed by atoms with E-state index in [1.165, 1.54) is 0 Å². The van der Waals surface area contributed by atoms with Gasteiger partial charge in [-0.1, -0.05) is 6.07 Å². The Morgan fingerprint density at radius 3 is 2.19 bits per heavy atom. The lowest BCUT2D eigenvalue weighted by molar-refractivity contribution is -0.140. The van der Waals surface area contributed by atoms with E-state index in [1.54, 1.807) is 0 Å². The van der Waals surface area contributed by atoms with Gasteiger partial charge in [0.05, 0.1) is 5.56 Å². The number of hydrogen-bond donors (Lipinski definition) is 1. The molecule has 0 aromatic heterocycles. The molecular formula is C14H15F6N. The van der Waals surface area contributed by atoms with E-state index in [0.29, 0.717) is 6.07 Å². The van der Waals surface area contributed by atoms with Gasteiger partial charge in [0.2, 0.25) is 5.92 Å².